The summed E-state index contributed by atoms with van der Waals surface area (Å²) in [5.41, 5.74) is 3.69. The zero-order chi connectivity index (χ0) is 23.1. The fourth-order valence-corrected chi connectivity index (χ4v) is 4.62. The SMILES string of the molecule is CC(C)Oc1ccc(C2=NN3[C@@H](c4cccc([N+](=O)[O-])c4)Oc4ccc(Br)cc4[C@@H]3C2)cc1. The summed E-state index contributed by atoms with van der Waals surface area (Å²) in [4.78, 5) is 10.9. The van der Waals surface area contributed by atoms with Gasteiger partial charge in [-0.15, -0.1) is 0 Å². The summed E-state index contributed by atoms with van der Waals surface area (Å²) in [6.45, 7) is 3.99. The van der Waals surface area contributed by atoms with Crippen LogP contribution in [0.5, 0.6) is 11.5 Å². The Bertz CT molecular complexity index is 1240. The van der Waals surface area contributed by atoms with Gasteiger partial charge in [0, 0.05) is 34.2 Å². The molecule has 0 unspecified atom stereocenters. The third kappa shape index (κ3) is 4.18. The lowest BCUT2D eigenvalue weighted by Gasteiger charge is -2.38. The Labute approximate surface area is 199 Å². The van der Waals surface area contributed by atoms with E-state index in [1.165, 1.54) is 6.07 Å². The first-order chi connectivity index (χ1) is 15.9. The molecule has 0 saturated heterocycles. The number of hydrazone groups is 1. The van der Waals surface area contributed by atoms with Crippen LogP contribution in [0.2, 0.25) is 0 Å². The fourth-order valence-electron chi connectivity index (χ4n) is 4.24. The second-order valence-electron chi connectivity index (χ2n) is 8.34. The van der Waals surface area contributed by atoms with Crippen molar-refractivity contribution < 1.29 is 14.4 Å². The van der Waals surface area contributed by atoms with Gasteiger partial charge in [-0.05, 0) is 61.9 Å². The van der Waals surface area contributed by atoms with Crippen LogP contribution >= 0.6 is 15.9 Å². The van der Waals surface area contributed by atoms with Gasteiger partial charge in [-0.3, -0.25) is 10.1 Å². The summed E-state index contributed by atoms with van der Waals surface area (Å²) in [6, 6.07) is 20.3. The Kier molecular flexibility index (Phi) is 5.54. The molecule has 7 nitrogen and oxygen atoms in total. The van der Waals surface area contributed by atoms with Crippen LogP contribution < -0.4 is 9.47 Å². The van der Waals surface area contributed by atoms with Crippen LogP contribution in [0.1, 0.15) is 49.2 Å². The lowest BCUT2D eigenvalue weighted by Crippen LogP contribution is -2.33. The number of benzene rings is 3. The molecule has 0 amide bonds. The summed E-state index contributed by atoms with van der Waals surface area (Å²) in [5, 5.41) is 18.2. The van der Waals surface area contributed by atoms with Crippen molar-refractivity contribution >= 4 is 27.3 Å². The summed E-state index contributed by atoms with van der Waals surface area (Å²) in [6.07, 6.45) is 0.240. The average Bonchev–Trinajstić information content (AvgIpc) is 3.24. The summed E-state index contributed by atoms with van der Waals surface area (Å²) in [5.74, 6) is 1.57. The van der Waals surface area contributed by atoms with E-state index in [9.17, 15) is 10.1 Å². The number of fused-ring (bicyclic) bond motifs is 3. The van der Waals surface area contributed by atoms with Gasteiger partial charge in [0.1, 0.15) is 11.5 Å². The van der Waals surface area contributed by atoms with E-state index in [1.54, 1.807) is 12.1 Å². The number of nitro benzene ring substituents is 1. The Hall–Kier alpha value is -3.39. The van der Waals surface area contributed by atoms with Crippen molar-refractivity contribution in [2.75, 3.05) is 0 Å². The van der Waals surface area contributed by atoms with Gasteiger partial charge < -0.3 is 9.47 Å². The molecule has 0 bridgehead atoms. The maximum atomic E-state index is 11.3. The monoisotopic (exact) mass is 507 g/mol. The van der Waals surface area contributed by atoms with E-state index in [-0.39, 0.29) is 17.8 Å². The summed E-state index contributed by atoms with van der Waals surface area (Å²) in [7, 11) is 0. The van der Waals surface area contributed by atoms with E-state index < -0.39 is 11.2 Å². The standard InChI is InChI=1S/C25H22BrN3O4/c1-15(2)32-20-9-6-16(7-10-20)22-14-23-21-13-18(26)8-11-24(21)33-25(28(23)27-22)17-4-3-5-19(12-17)29(30)31/h3-13,15,23,25H,14H2,1-2H3/t23-,25+/m0/s1. The van der Waals surface area contributed by atoms with Crippen molar-refractivity contribution in [1.29, 1.82) is 0 Å². The number of non-ortho nitro benzene ring substituents is 1. The van der Waals surface area contributed by atoms with E-state index in [0.29, 0.717) is 12.0 Å². The smallest absolute Gasteiger partial charge is 0.269 e. The molecule has 0 spiro atoms. The number of halogens is 1. The van der Waals surface area contributed by atoms with Crippen molar-refractivity contribution in [3.63, 3.8) is 0 Å². The predicted octanol–water partition coefficient (Wildman–Crippen LogP) is 6.39. The highest BCUT2D eigenvalue weighted by Crippen LogP contribution is 2.48. The molecule has 0 saturated carbocycles. The van der Waals surface area contributed by atoms with Gasteiger partial charge in [-0.25, -0.2) is 5.01 Å². The highest BCUT2D eigenvalue weighted by atomic mass is 79.9. The number of nitro groups is 1. The molecular weight excluding hydrogens is 486 g/mol. The quantitative estimate of drug-likeness (QED) is 0.295. The Morgan fingerprint density at radius 2 is 1.94 bits per heavy atom. The van der Waals surface area contributed by atoms with Gasteiger partial charge in [-0.1, -0.05) is 28.1 Å². The van der Waals surface area contributed by atoms with Gasteiger partial charge in [0.15, 0.2) is 0 Å². The fraction of sp³-hybridized carbons (Fsp3) is 0.240. The lowest BCUT2D eigenvalue weighted by molar-refractivity contribution is -0.385. The molecule has 0 aliphatic carbocycles. The molecule has 0 aromatic heterocycles. The van der Waals surface area contributed by atoms with E-state index in [2.05, 4.69) is 22.0 Å². The topological polar surface area (TPSA) is 77.2 Å². The molecule has 0 radical (unpaired) electrons. The molecule has 33 heavy (non-hydrogen) atoms. The van der Waals surface area contributed by atoms with Crippen LogP contribution in [-0.2, 0) is 0 Å². The van der Waals surface area contributed by atoms with Gasteiger partial charge in [0.2, 0.25) is 6.23 Å². The Morgan fingerprint density at radius 3 is 2.67 bits per heavy atom. The molecule has 2 aliphatic rings. The molecule has 2 heterocycles. The Morgan fingerprint density at radius 1 is 1.15 bits per heavy atom. The zero-order valence-electron chi connectivity index (χ0n) is 18.1. The number of hydrogen-bond donors (Lipinski definition) is 0. The molecule has 0 fully saturated rings. The van der Waals surface area contributed by atoms with E-state index in [1.807, 2.05) is 61.3 Å². The predicted molar refractivity (Wildman–Crippen MR) is 129 cm³/mol. The maximum absolute atomic E-state index is 11.3. The number of hydrogen-bond acceptors (Lipinski definition) is 6. The molecule has 0 N–H and O–H groups in total. The summed E-state index contributed by atoms with van der Waals surface area (Å²) < 4.78 is 13.0. The molecule has 2 atom stereocenters. The van der Waals surface area contributed by atoms with Crippen LogP contribution in [0.3, 0.4) is 0 Å². The second kappa shape index (κ2) is 8.51. The minimum atomic E-state index is -0.565. The first-order valence-electron chi connectivity index (χ1n) is 10.7. The van der Waals surface area contributed by atoms with E-state index in [4.69, 9.17) is 14.6 Å². The van der Waals surface area contributed by atoms with Crippen molar-refractivity contribution in [2.24, 2.45) is 5.10 Å². The average molecular weight is 508 g/mol. The zero-order valence-corrected chi connectivity index (χ0v) is 19.7. The van der Waals surface area contributed by atoms with Crippen LogP contribution in [-0.4, -0.2) is 21.7 Å². The highest BCUT2D eigenvalue weighted by molar-refractivity contribution is 9.10. The largest absolute Gasteiger partial charge is 0.491 e. The lowest BCUT2D eigenvalue weighted by atomic mass is 9.96. The molecular formula is C25H22BrN3O4. The third-order valence-corrected chi connectivity index (χ3v) is 6.17. The normalized spacial score (nSPS) is 18.9. The first kappa shape index (κ1) is 21.5. The van der Waals surface area contributed by atoms with E-state index >= 15 is 0 Å². The maximum Gasteiger partial charge on any atom is 0.269 e. The molecule has 2 aliphatic heterocycles. The van der Waals surface area contributed by atoms with Gasteiger partial charge in [0.25, 0.3) is 5.69 Å². The molecule has 168 valence electrons. The van der Waals surface area contributed by atoms with Gasteiger partial charge in [-0.2, -0.15) is 5.10 Å². The van der Waals surface area contributed by atoms with Gasteiger partial charge in [0.05, 0.1) is 22.8 Å². The van der Waals surface area contributed by atoms with E-state index in [0.717, 1.165) is 32.8 Å². The number of rotatable bonds is 5. The molecule has 3 aromatic rings. The minimum Gasteiger partial charge on any atom is -0.491 e. The number of ether oxygens (including phenoxy) is 2. The minimum absolute atomic E-state index is 0.0263. The van der Waals surface area contributed by atoms with Crippen LogP contribution in [0.4, 0.5) is 5.69 Å². The molecule has 3 aromatic carbocycles. The van der Waals surface area contributed by atoms with Crippen molar-refractivity contribution in [2.45, 2.75) is 38.6 Å². The third-order valence-electron chi connectivity index (χ3n) is 5.68. The van der Waals surface area contributed by atoms with Gasteiger partial charge >= 0.3 is 0 Å². The first-order valence-corrected chi connectivity index (χ1v) is 11.5. The Balaban J connectivity index is 1.54. The molecule has 8 heteroatoms. The second-order valence-corrected chi connectivity index (χ2v) is 9.26. The van der Waals surface area contributed by atoms with Crippen molar-refractivity contribution in [3.05, 3.63) is 98.0 Å². The van der Waals surface area contributed by atoms with Crippen LogP contribution in [0, 0.1) is 10.1 Å². The molecule has 5 rings (SSSR count). The van der Waals surface area contributed by atoms with Crippen LogP contribution in [0.25, 0.3) is 0 Å². The van der Waals surface area contributed by atoms with Crippen molar-refractivity contribution in [1.82, 2.24) is 5.01 Å². The van der Waals surface area contributed by atoms with Crippen molar-refractivity contribution in [3.8, 4) is 11.5 Å². The summed E-state index contributed by atoms with van der Waals surface area (Å²) >= 11 is 3.56. The van der Waals surface area contributed by atoms with Crippen LogP contribution in [0.15, 0.2) is 76.3 Å². The number of nitrogens with zero attached hydrogens (tertiary/aromatic N) is 3. The highest BCUT2D eigenvalue weighted by Gasteiger charge is 2.41.